The van der Waals surface area contributed by atoms with Gasteiger partial charge in [-0.15, -0.1) is 0 Å². The number of esters is 2. The van der Waals surface area contributed by atoms with Crippen molar-refractivity contribution < 1.29 is 23.6 Å². The first-order valence-electron chi connectivity index (χ1n) is 10.0. The average molecular weight is 413 g/mol. The Morgan fingerprint density at radius 3 is 2.11 bits per heavy atom. The van der Waals surface area contributed by atoms with E-state index in [0.717, 1.165) is 24.6 Å². The van der Waals surface area contributed by atoms with Crippen LogP contribution in [0, 0.1) is 11.8 Å². The third-order valence-corrected chi connectivity index (χ3v) is 6.83. The molecule has 1 aromatic rings. The summed E-state index contributed by atoms with van der Waals surface area (Å²) in [5.74, 6) is -0.326. The number of benzene rings is 1. The highest BCUT2D eigenvalue weighted by atomic mass is 31.2. The number of ether oxygens (including phenoxy) is 2. The number of carbonyl (C=O) groups is 2. The lowest BCUT2D eigenvalue weighted by Gasteiger charge is -2.20. The van der Waals surface area contributed by atoms with Crippen molar-refractivity contribution in [3.05, 3.63) is 35.9 Å². The minimum atomic E-state index is -2.28. The van der Waals surface area contributed by atoms with Crippen LogP contribution in [0.25, 0.3) is 0 Å². The highest BCUT2D eigenvalue weighted by molar-refractivity contribution is 7.63. The molecule has 0 heterocycles. The van der Waals surface area contributed by atoms with Crippen LogP contribution in [0.5, 0.6) is 0 Å². The molecule has 0 saturated carbocycles. The van der Waals surface area contributed by atoms with Gasteiger partial charge in [-0.3, -0.25) is 9.59 Å². The van der Waals surface area contributed by atoms with Gasteiger partial charge in [-0.2, -0.15) is 0 Å². The summed E-state index contributed by atoms with van der Waals surface area (Å²) >= 11 is 0. The van der Waals surface area contributed by atoms with Gasteiger partial charge in [-0.05, 0) is 25.1 Å². The van der Waals surface area contributed by atoms with Gasteiger partial charge >= 0.3 is 11.9 Å². The second-order valence-corrected chi connectivity index (χ2v) is 10.8. The summed E-state index contributed by atoms with van der Waals surface area (Å²) in [5, 5.41) is 0. The van der Waals surface area contributed by atoms with Crippen LogP contribution in [0.3, 0.4) is 0 Å². The van der Waals surface area contributed by atoms with Gasteiger partial charge in [0.25, 0.3) is 0 Å². The monoisotopic (exact) mass is 412 g/mol. The Morgan fingerprint density at radius 1 is 1.04 bits per heavy atom. The lowest BCUT2D eigenvalue weighted by atomic mass is 10.1. The standard InChI is InChI=1S/C18H29O3P.C4H8O2/c1-5-9-15(2)13-22(4,20)14-16(3)18(19)21-12-17-10-7-6-8-11-17;1-3-6-4(2)5/h6-8,10-11,15-16H,5,9,12-14H2,1-4H3;3H2,1-2H3. The number of hydrogen-bond donors (Lipinski definition) is 0. The Balaban J connectivity index is 0.00000105. The molecular weight excluding hydrogens is 375 g/mol. The van der Waals surface area contributed by atoms with Crippen molar-refractivity contribution in [1.29, 1.82) is 0 Å². The van der Waals surface area contributed by atoms with Crippen molar-refractivity contribution in [1.82, 2.24) is 0 Å². The van der Waals surface area contributed by atoms with Gasteiger partial charge in [0.15, 0.2) is 0 Å². The van der Waals surface area contributed by atoms with E-state index >= 15 is 0 Å². The maximum Gasteiger partial charge on any atom is 0.309 e. The maximum atomic E-state index is 12.7. The number of rotatable bonds is 10. The van der Waals surface area contributed by atoms with Gasteiger partial charge in [0.05, 0.1) is 19.7 Å². The molecule has 3 unspecified atom stereocenters. The Hall–Kier alpha value is -1.61. The predicted octanol–water partition coefficient (Wildman–Crippen LogP) is 5.36. The Bertz CT molecular complexity index is 615. The van der Waals surface area contributed by atoms with Gasteiger partial charge < -0.3 is 14.0 Å². The van der Waals surface area contributed by atoms with Crippen LogP contribution in [-0.4, -0.2) is 37.5 Å². The van der Waals surface area contributed by atoms with Crippen molar-refractivity contribution in [2.45, 2.75) is 54.1 Å². The summed E-state index contributed by atoms with van der Waals surface area (Å²) in [6.45, 7) is 11.8. The fraction of sp³-hybridized carbons (Fsp3) is 0.636. The van der Waals surface area contributed by atoms with Crippen LogP contribution >= 0.6 is 7.14 Å². The molecule has 28 heavy (non-hydrogen) atoms. The first-order chi connectivity index (χ1) is 13.1. The van der Waals surface area contributed by atoms with Crippen LogP contribution in [0.2, 0.25) is 0 Å². The Kier molecular flexibility index (Phi) is 13.6. The largest absolute Gasteiger partial charge is 0.466 e. The molecule has 0 aliphatic heterocycles. The summed E-state index contributed by atoms with van der Waals surface area (Å²) in [6, 6.07) is 9.62. The zero-order chi connectivity index (χ0) is 21.6. The van der Waals surface area contributed by atoms with E-state index in [9.17, 15) is 14.2 Å². The molecule has 0 N–H and O–H groups in total. The second kappa shape index (κ2) is 14.4. The van der Waals surface area contributed by atoms with E-state index in [0.29, 0.717) is 18.7 Å². The van der Waals surface area contributed by atoms with Gasteiger partial charge in [0.2, 0.25) is 0 Å². The summed E-state index contributed by atoms with van der Waals surface area (Å²) in [7, 11) is -2.28. The van der Waals surface area contributed by atoms with E-state index < -0.39 is 7.14 Å². The van der Waals surface area contributed by atoms with Gasteiger partial charge in [0.1, 0.15) is 6.61 Å². The van der Waals surface area contributed by atoms with Crippen molar-refractivity contribution in [3.63, 3.8) is 0 Å². The molecule has 0 radical (unpaired) electrons. The third-order valence-electron chi connectivity index (χ3n) is 4.11. The normalized spacial score (nSPS) is 14.6. The smallest absolute Gasteiger partial charge is 0.309 e. The quantitative estimate of drug-likeness (QED) is 0.382. The zero-order valence-electron chi connectivity index (χ0n) is 18.3. The maximum absolute atomic E-state index is 12.7. The molecule has 0 aliphatic carbocycles. The van der Waals surface area contributed by atoms with Crippen LogP contribution in [0.15, 0.2) is 30.3 Å². The zero-order valence-corrected chi connectivity index (χ0v) is 19.2. The van der Waals surface area contributed by atoms with Gasteiger partial charge in [0, 0.05) is 19.2 Å². The number of carbonyl (C=O) groups excluding carboxylic acids is 2. The Morgan fingerprint density at radius 2 is 1.64 bits per heavy atom. The van der Waals surface area contributed by atoms with Crippen LogP contribution in [0.1, 0.15) is 53.0 Å². The molecule has 3 atom stereocenters. The third kappa shape index (κ3) is 13.5. The van der Waals surface area contributed by atoms with Crippen LogP contribution in [-0.2, 0) is 30.2 Å². The van der Waals surface area contributed by atoms with Crippen molar-refractivity contribution >= 4 is 19.1 Å². The fourth-order valence-corrected chi connectivity index (χ4v) is 6.00. The van der Waals surface area contributed by atoms with Crippen LogP contribution in [0.4, 0.5) is 0 Å². The van der Waals surface area contributed by atoms with E-state index in [4.69, 9.17) is 4.74 Å². The minimum Gasteiger partial charge on any atom is -0.466 e. The molecular formula is C22H37O5P. The highest BCUT2D eigenvalue weighted by Gasteiger charge is 2.26. The highest BCUT2D eigenvalue weighted by Crippen LogP contribution is 2.45. The number of hydrogen-bond acceptors (Lipinski definition) is 5. The molecule has 0 saturated heterocycles. The van der Waals surface area contributed by atoms with Crippen molar-refractivity contribution in [3.8, 4) is 0 Å². The lowest BCUT2D eigenvalue weighted by molar-refractivity contribution is -0.148. The molecule has 0 amide bonds. The molecule has 0 bridgehead atoms. The predicted molar refractivity (Wildman–Crippen MR) is 115 cm³/mol. The SMILES string of the molecule is CCCC(C)CP(C)(=O)CC(C)C(=O)OCc1ccccc1.CCOC(C)=O. The average Bonchev–Trinajstić information content (AvgIpc) is 2.60. The van der Waals surface area contributed by atoms with E-state index in [1.807, 2.05) is 43.9 Å². The summed E-state index contributed by atoms with van der Waals surface area (Å²) < 4.78 is 22.4. The van der Waals surface area contributed by atoms with Crippen molar-refractivity contribution in [2.24, 2.45) is 11.8 Å². The molecule has 6 heteroatoms. The molecule has 5 nitrogen and oxygen atoms in total. The summed E-state index contributed by atoms with van der Waals surface area (Å²) in [5.41, 5.74) is 0.972. The fourth-order valence-electron chi connectivity index (χ4n) is 3.05. The van der Waals surface area contributed by atoms with Gasteiger partial charge in [-0.25, -0.2) is 0 Å². The lowest BCUT2D eigenvalue weighted by Crippen LogP contribution is -2.19. The molecule has 160 valence electrons. The minimum absolute atomic E-state index is 0.211. The second-order valence-electron chi connectivity index (χ2n) is 7.47. The Labute approximate surface area is 170 Å². The van der Waals surface area contributed by atoms with E-state index in [1.165, 1.54) is 6.92 Å². The van der Waals surface area contributed by atoms with E-state index in [1.54, 1.807) is 6.92 Å². The summed E-state index contributed by atoms with van der Waals surface area (Å²) in [4.78, 5) is 21.9. The van der Waals surface area contributed by atoms with Gasteiger partial charge in [-0.1, -0.05) is 63.9 Å². The molecule has 0 aliphatic rings. The van der Waals surface area contributed by atoms with Crippen LogP contribution < -0.4 is 0 Å². The molecule has 0 fully saturated rings. The van der Waals surface area contributed by atoms with E-state index in [2.05, 4.69) is 18.6 Å². The molecule has 0 spiro atoms. The van der Waals surface area contributed by atoms with Crippen molar-refractivity contribution in [2.75, 3.05) is 25.6 Å². The first kappa shape index (κ1) is 26.4. The molecule has 0 aromatic heterocycles. The first-order valence-corrected chi connectivity index (χ1v) is 12.5. The molecule has 1 rings (SSSR count). The molecule has 1 aromatic carbocycles. The van der Waals surface area contributed by atoms with E-state index in [-0.39, 0.29) is 24.5 Å². The summed E-state index contributed by atoms with van der Waals surface area (Å²) in [6.07, 6.45) is 3.35. The topological polar surface area (TPSA) is 69.7 Å².